The Kier molecular flexibility index (Phi) is 6.73. The lowest BCUT2D eigenvalue weighted by molar-refractivity contribution is 0.573. The van der Waals surface area contributed by atoms with Gasteiger partial charge < -0.3 is 5.32 Å². The number of aromatic nitrogens is 1. The van der Waals surface area contributed by atoms with E-state index in [0.29, 0.717) is 34.8 Å². The van der Waals surface area contributed by atoms with Crippen molar-refractivity contribution in [3.8, 4) is 22.3 Å². The SMILES string of the molecule is Cc1c(F)c(-c2ccc(CC(C)C)c(F)c2)c(C)c(F)c1-c1ccc(NC(C)C)nc1. The van der Waals surface area contributed by atoms with E-state index in [1.807, 2.05) is 27.7 Å². The molecule has 0 saturated carbocycles. The molecule has 0 unspecified atom stereocenters. The lowest BCUT2D eigenvalue weighted by Gasteiger charge is -2.18. The molecule has 0 fully saturated rings. The fourth-order valence-electron chi connectivity index (χ4n) is 3.84. The van der Waals surface area contributed by atoms with E-state index in [1.54, 1.807) is 31.2 Å². The standard InChI is InChI=1S/C26H29F3N2/c1-14(2)11-18-7-8-19(12-21(18)27)23-16(5)26(29)24(17(6)25(23)28)20-9-10-22(30-13-20)31-15(3)4/h7-10,12-15H,11H2,1-6H3,(H,30,31). The second-order valence-electron chi connectivity index (χ2n) is 8.76. The maximum atomic E-state index is 15.4. The molecule has 0 aliphatic heterocycles. The zero-order valence-corrected chi connectivity index (χ0v) is 18.9. The third-order valence-corrected chi connectivity index (χ3v) is 5.31. The third kappa shape index (κ3) is 4.76. The van der Waals surface area contributed by atoms with E-state index in [9.17, 15) is 4.39 Å². The van der Waals surface area contributed by atoms with Crippen molar-refractivity contribution in [1.29, 1.82) is 0 Å². The van der Waals surface area contributed by atoms with Gasteiger partial charge in [0.25, 0.3) is 0 Å². The molecule has 0 radical (unpaired) electrons. The summed E-state index contributed by atoms with van der Waals surface area (Å²) in [5, 5.41) is 3.17. The molecular weight excluding hydrogens is 397 g/mol. The van der Waals surface area contributed by atoms with Gasteiger partial charge in [-0.1, -0.05) is 26.0 Å². The highest BCUT2D eigenvalue weighted by molar-refractivity contribution is 5.78. The van der Waals surface area contributed by atoms with Crippen molar-refractivity contribution < 1.29 is 13.2 Å². The van der Waals surface area contributed by atoms with Crippen molar-refractivity contribution >= 4 is 5.82 Å². The normalized spacial score (nSPS) is 11.5. The van der Waals surface area contributed by atoms with Crippen molar-refractivity contribution in [2.24, 2.45) is 5.92 Å². The van der Waals surface area contributed by atoms with Crippen LogP contribution in [0.1, 0.15) is 44.4 Å². The zero-order chi connectivity index (χ0) is 22.9. The summed E-state index contributed by atoms with van der Waals surface area (Å²) in [6.07, 6.45) is 2.13. The highest BCUT2D eigenvalue weighted by atomic mass is 19.1. The van der Waals surface area contributed by atoms with E-state index in [1.165, 1.54) is 19.2 Å². The van der Waals surface area contributed by atoms with Crippen molar-refractivity contribution in [1.82, 2.24) is 4.98 Å². The first-order valence-corrected chi connectivity index (χ1v) is 10.6. The van der Waals surface area contributed by atoms with E-state index in [4.69, 9.17) is 0 Å². The minimum atomic E-state index is -0.547. The highest BCUT2D eigenvalue weighted by Crippen LogP contribution is 2.38. The minimum absolute atomic E-state index is 0.0970. The molecule has 2 aromatic carbocycles. The third-order valence-electron chi connectivity index (χ3n) is 5.31. The van der Waals surface area contributed by atoms with Crippen LogP contribution in [0, 0.1) is 37.2 Å². The fourth-order valence-corrected chi connectivity index (χ4v) is 3.84. The van der Waals surface area contributed by atoms with Crippen LogP contribution in [0.4, 0.5) is 19.0 Å². The Balaban J connectivity index is 2.08. The summed E-state index contributed by atoms with van der Waals surface area (Å²) in [5.41, 5.74) is 2.01. The average molecular weight is 427 g/mol. The van der Waals surface area contributed by atoms with Crippen LogP contribution in [0.25, 0.3) is 22.3 Å². The Morgan fingerprint density at radius 2 is 1.42 bits per heavy atom. The van der Waals surface area contributed by atoms with Gasteiger partial charge in [0.1, 0.15) is 23.3 Å². The number of halogens is 3. The Morgan fingerprint density at radius 3 is 1.90 bits per heavy atom. The molecule has 0 spiro atoms. The molecule has 1 heterocycles. The molecule has 0 saturated heterocycles. The number of hydrogen-bond donors (Lipinski definition) is 1. The van der Waals surface area contributed by atoms with Gasteiger partial charge in [-0.25, -0.2) is 18.2 Å². The van der Waals surface area contributed by atoms with Crippen molar-refractivity contribution in [3.05, 3.63) is 70.7 Å². The first-order valence-electron chi connectivity index (χ1n) is 10.6. The van der Waals surface area contributed by atoms with Gasteiger partial charge in [0.2, 0.25) is 0 Å². The Labute approximate surface area is 182 Å². The van der Waals surface area contributed by atoms with Crippen molar-refractivity contribution in [2.45, 2.75) is 54.0 Å². The molecule has 0 bridgehead atoms. The highest BCUT2D eigenvalue weighted by Gasteiger charge is 2.23. The second-order valence-corrected chi connectivity index (χ2v) is 8.76. The molecule has 2 nitrogen and oxygen atoms in total. The maximum Gasteiger partial charge on any atom is 0.135 e. The molecule has 31 heavy (non-hydrogen) atoms. The molecule has 0 atom stereocenters. The number of rotatable bonds is 6. The lowest BCUT2D eigenvalue weighted by atomic mass is 9.90. The van der Waals surface area contributed by atoms with Gasteiger partial charge in [0.15, 0.2) is 0 Å². The summed E-state index contributed by atoms with van der Waals surface area (Å²) in [6.45, 7) is 11.1. The second kappa shape index (κ2) is 9.13. The monoisotopic (exact) mass is 426 g/mol. The summed E-state index contributed by atoms with van der Waals surface area (Å²) < 4.78 is 45.5. The van der Waals surface area contributed by atoms with Crippen LogP contribution in [0.5, 0.6) is 0 Å². The van der Waals surface area contributed by atoms with Gasteiger partial charge in [-0.05, 0) is 80.5 Å². The van der Waals surface area contributed by atoms with E-state index in [2.05, 4.69) is 10.3 Å². The van der Waals surface area contributed by atoms with Crippen molar-refractivity contribution in [2.75, 3.05) is 5.32 Å². The average Bonchev–Trinajstić information content (AvgIpc) is 2.69. The largest absolute Gasteiger partial charge is 0.368 e. The summed E-state index contributed by atoms with van der Waals surface area (Å²) in [6, 6.07) is 8.31. The topological polar surface area (TPSA) is 24.9 Å². The molecule has 3 rings (SSSR count). The Hall–Kier alpha value is -2.82. The van der Waals surface area contributed by atoms with Crippen LogP contribution in [0.2, 0.25) is 0 Å². The predicted octanol–water partition coefficient (Wildman–Crippen LogP) is 7.47. The summed E-state index contributed by atoms with van der Waals surface area (Å²) in [5.74, 6) is -0.498. The molecule has 5 heteroatoms. The van der Waals surface area contributed by atoms with Crippen molar-refractivity contribution in [3.63, 3.8) is 0 Å². The molecule has 3 aromatic rings. The van der Waals surface area contributed by atoms with Crippen LogP contribution in [-0.4, -0.2) is 11.0 Å². The number of anilines is 1. The molecule has 1 N–H and O–H groups in total. The van der Waals surface area contributed by atoms with Gasteiger partial charge in [-0.15, -0.1) is 0 Å². The summed E-state index contributed by atoms with van der Waals surface area (Å²) >= 11 is 0. The number of nitrogens with zero attached hydrogens (tertiary/aromatic N) is 1. The van der Waals surface area contributed by atoms with Gasteiger partial charge in [-0.2, -0.15) is 0 Å². The number of hydrogen-bond acceptors (Lipinski definition) is 2. The van der Waals surface area contributed by atoms with Crippen LogP contribution < -0.4 is 5.32 Å². The van der Waals surface area contributed by atoms with Crippen LogP contribution in [0.3, 0.4) is 0 Å². The molecule has 1 aromatic heterocycles. The maximum absolute atomic E-state index is 15.4. The summed E-state index contributed by atoms with van der Waals surface area (Å²) in [7, 11) is 0. The van der Waals surface area contributed by atoms with Gasteiger partial charge >= 0.3 is 0 Å². The zero-order valence-electron chi connectivity index (χ0n) is 18.9. The van der Waals surface area contributed by atoms with Crippen LogP contribution >= 0.6 is 0 Å². The van der Waals surface area contributed by atoms with Crippen LogP contribution in [-0.2, 0) is 6.42 Å². The molecule has 164 valence electrons. The van der Waals surface area contributed by atoms with Gasteiger partial charge in [0.05, 0.1) is 0 Å². The van der Waals surface area contributed by atoms with Crippen LogP contribution in [0.15, 0.2) is 36.5 Å². The smallest absolute Gasteiger partial charge is 0.135 e. The molecule has 0 aliphatic rings. The predicted molar refractivity (Wildman–Crippen MR) is 122 cm³/mol. The van der Waals surface area contributed by atoms with E-state index >= 15 is 8.78 Å². The van der Waals surface area contributed by atoms with Gasteiger partial charge in [0, 0.05) is 28.9 Å². The molecule has 0 amide bonds. The van der Waals surface area contributed by atoms with Gasteiger partial charge in [-0.3, -0.25) is 0 Å². The quantitative estimate of drug-likeness (QED) is 0.442. The number of benzene rings is 2. The Bertz CT molecular complexity index is 1060. The molecule has 0 aliphatic carbocycles. The number of pyridine rings is 1. The van der Waals surface area contributed by atoms with E-state index in [0.717, 1.165) is 0 Å². The first-order chi connectivity index (χ1) is 14.6. The minimum Gasteiger partial charge on any atom is -0.368 e. The summed E-state index contributed by atoms with van der Waals surface area (Å²) in [4.78, 5) is 4.31. The lowest BCUT2D eigenvalue weighted by Crippen LogP contribution is -2.10. The van der Waals surface area contributed by atoms with E-state index < -0.39 is 17.5 Å². The fraction of sp³-hybridized carbons (Fsp3) is 0.346. The first kappa shape index (κ1) is 22.9. The molecular formula is C26H29F3N2. The van der Waals surface area contributed by atoms with E-state index in [-0.39, 0.29) is 28.3 Å². The number of nitrogens with one attached hydrogen (secondary N) is 1. The Morgan fingerprint density at radius 1 is 0.839 bits per heavy atom.